The molecule has 21 heavy (non-hydrogen) atoms. The van der Waals surface area contributed by atoms with Crippen molar-refractivity contribution in [2.45, 2.75) is 59.1 Å². The van der Waals surface area contributed by atoms with Crippen LogP contribution in [0, 0.1) is 22.6 Å². The lowest BCUT2D eigenvalue weighted by molar-refractivity contribution is 0.0270. The lowest BCUT2D eigenvalue weighted by Crippen LogP contribution is -2.39. The molecule has 2 aliphatic rings. The molecule has 3 rings (SSSR count). The van der Waals surface area contributed by atoms with Gasteiger partial charge in [0.15, 0.2) is 11.6 Å². The van der Waals surface area contributed by atoms with Gasteiger partial charge in [-0.1, -0.05) is 32.9 Å². The van der Waals surface area contributed by atoms with Gasteiger partial charge < -0.3 is 10.5 Å². The van der Waals surface area contributed by atoms with E-state index in [4.69, 9.17) is 10.5 Å². The number of rotatable bonds is 3. The zero-order valence-electron chi connectivity index (χ0n) is 13.4. The molecule has 2 saturated carbocycles. The van der Waals surface area contributed by atoms with E-state index in [1.54, 1.807) is 6.07 Å². The minimum Gasteiger partial charge on any atom is -0.486 e. The Morgan fingerprint density at radius 3 is 2.57 bits per heavy atom. The standard InChI is InChI=1S/C18H26FNO/c1-11(20)13-6-5-7-14(19)16(13)21-15-10-12-8-9-18(15,4)17(12,2)3/h5-7,11-12,15H,8-10,20H2,1-4H3. The van der Waals surface area contributed by atoms with Crippen LogP contribution in [0.2, 0.25) is 0 Å². The van der Waals surface area contributed by atoms with E-state index in [1.807, 2.05) is 13.0 Å². The third-order valence-corrected chi connectivity index (χ3v) is 6.46. The average Bonchev–Trinajstić information content (AvgIpc) is 2.73. The largest absolute Gasteiger partial charge is 0.486 e. The number of halogens is 1. The summed E-state index contributed by atoms with van der Waals surface area (Å²) in [4.78, 5) is 0. The van der Waals surface area contributed by atoms with Crippen molar-refractivity contribution in [1.82, 2.24) is 0 Å². The van der Waals surface area contributed by atoms with Crippen molar-refractivity contribution in [2.24, 2.45) is 22.5 Å². The summed E-state index contributed by atoms with van der Waals surface area (Å²) in [5.41, 5.74) is 7.12. The smallest absolute Gasteiger partial charge is 0.165 e. The topological polar surface area (TPSA) is 35.2 Å². The molecule has 2 fully saturated rings. The molecule has 0 amide bonds. The molecule has 1 aromatic carbocycles. The predicted octanol–water partition coefficient (Wildman–Crippen LogP) is 4.44. The van der Waals surface area contributed by atoms with Crippen LogP contribution in [0.15, 0.2) is 18.2 Å². The molecule has 116 valence electrons. The minimum atomic E-state index is -0.297. The summed E-state index contributed by atoms with van der Waals surface area (Å²) in [6.45, 7) is 8.84. The van der Waals surface area contributed by atoms with Gasteiger partial charge in [-0.25, -0.2) is 4.39 Å². The van der Waals surface area contributed by atoms with Gasteiger partial charge >= 0.3 is 0 Å². The van der Waals surface area contributed by atoms with Crippen LogP contribution < -0.4 is 10.5 Å². The molecule has 1 aromatic rings. The van der Waals surface area contributed by atoms with E-state index >= 15 is 0 Å². The summed E-state index contributed by atoms with van der Waals surface area (Å²) in [5.74, 6) is 0.745. The molecule has 4 atom stereocenters. The van der Waals surface area contributed by atoms with Crippen LogP contribution in [0.25, 0.3) is 0 Å². The highest BCUT2D eigenvalue weighted by Gasteiger charge is 2.62. The van der Waals surface area contributed by atoms with E-state index in [0.717, 1.165) is 18.4 Å². The van der Waals surface area contributed by atoms with Crippen LogP contribution in [0.1, 0.15) is 58.6 Å². The van der Waals surface area contributed by atoms with Crippen LogP contribution >= 0.6 is 0 Å². The third kappa shape index (κ3) is 2.01. The first-order valence-corrected chi connectivity index (χ1v) is 7.98. The zero-order valence-corrected chi connectivity index (χ0v) is 13.4. The second kappa shape index (κ2) is 4.70. The van der Waals surface area contributed by atoms with Gasteiger partial charge in [-0.3, -0.25) is 0 Å². The van der Waals surface area contributed by atoms with Crippen LogP contribution in [-0.4, -0.2) is 6.10 Å². The van der Waals surface area contributed by atoms with Gasteiger partial charge in [0.25, 0.3) is 0 Å². The number of hydrogen-bond donors (Lipinski definition) is 1. The van der Waals surface area contributed by atoms with E-state index in [2.05, 4.69) is 20.8 Å². The predicted molar refractivity (Wildman–Crippen MR) is 82.6 cm³/mol. The Hall–Kier alpha value is -1.09. The van der Waals surface area contributed by atoms with Crippen LogP contribution in [0.5, 0.6) is 5.75 Å². The second-order valence-corrected chi connectivity index (χ2v) is 7.66. The summed E-state index contributed by atoms with van der Waals surface area (Å²) in [6.07, 6.45) is 3.54. The number of ether oxygens (including phenoxy) is 1. The molecule has 0 spiro atoms. The average molecular weight is 291 g/mol. The molecule has 0 heterocycles. The summed E-state index contributed by atoms with van der Waals surface area (Å²) in [5, 5.41) is 0. The summed E-state index contributed by atoms with van der Waals surface area (Å²) < 4.78 is 20.5. The number of benzene rings is 1. The molecule has 3 heteroatoms. The van der Waals surface area contributed by atoms with Crippen LogP contribution in [0.3, 0.4) is 0 Å². The lowest BCUT2D eigenvalue weighted by Gasteiger charge is -2.39. The van der Waals surface area contributed by atoms with Crippen molar-refractivity contribution in [1.29, 1.82) is 0 Å². The fraction of sp³-hybridized carbons (Fsp3) is 0.667. The Kier molecular flexibility index (Phi) is 3.32. The first-order chi connectivity index (χ1) is 9.77. The number of nitrogens with two attached hydrogens (primary N) is 1. The van der Waals surface area contributed by atoms with Gasteiger partial charge in [0.1, 0.15) is 6.10 Å². The highest BCUT2D eigenvalue weighted by molar-refractivity contribution is 5.37. The molecule has 0 aliphatic heterocycles. The number of fused-ring (bicyclic) bond motifs is 2. The lowest BCUT2D eigenvalue weighted by atomic mass is 9.70. The Balaban J connectivity index is 1.93. The van der Waals surface area contributed by atoms with Gasteiger partial charge in [0, 0.05) is 17.0 Å². The highest BCUT2D eigenvalue weighted by atomic mass is 19.1. The molecular weight excluding hydrogens is 265 g/mol. The van der Waals surface area contributed by atoms with E-state index in [-0.39, 0.29) is 28.8 Å². The SMILES string of the molecule is CC(N)c1cccc(F)c1OC1CC2CCC1(C)C2(C)C. The van der Waals surface area contributed by atoms with Gasteiger partial charge in [-0.2, -0.15) is 0 Å². The Bertz CT molecular complexity index is 554. The molecule has 2 aliphatic carbocycles. The van der Waals surface area contributed by atoms with Crippen molar-refractivity contribution in [3.8, 4) is 5.75 Å². The first-order valence-electron chi connectivity index (χ1n) is 7.98. The molecule has 0 saturated heterocycles. The van der Waals surface area contributed by atoms with Gasteiger partial charge in [-0.05, 0) is 43.6 Å². The quantitative estimate of drug-likeness (QED) is 0.893. The molecule has 0 aromatic heterocycles. The van der Waals surface area contributed by atoms with Crippen molar-refractivity contribution in [2.75, 3.05) is 0 Å². The highest BCUT2D eigenvalue weighted by Crippen LogP contribution is 2.66. The van der Waals surface area contributed by atoms with E-state index in [0.29, 0.717) is 11.7 Å². The molecule has 2 bridgehead atoms. The van der Waals surface area contributed by atoms with Crippen molar-refractivity contribution in [3.05, 3.63) is 29.6 Å². The van der Waals surface area contributed by atoms with Crippen molar-refractivity contribution < 1.29 is 9.13 Å². The maximum Gasteiger partial charge on any atom is 0.165 e. The first kappa shape index (κ1) is 14.8. The summed E-state index contributed by atoms with van der Waals surface area (Å²) in [6, 6.07) is 4.80. The van der Waals surface area contributed by atoms with Gasteiger partial charge in [0.2, 0.25) is 0 Å². The molecule has 2 nitrogen and oxygen atoms in total. The number of hydrogen-bond acceptors (Lipinski definition) is 2. The monoisotopic (exact) mass is 291 g/mol. The third-order valence-electron chi connectivity index (χ3n) is 6.46. The minimum absolute atomic E-state index is 0.0839. The molecular formula is C18H26FNO. The van der Waals surface area contributed by atoms with E-state index < -0.39 is 0 Å². The Morgan fingerprint density at radius 1 is 1.33 bits per heavy atom. The fourth-order valence-corrected chi connectivity index (χ4v) is 4.46. The molecule has 4 unspecified atom stereocenters. The second-order valence-electron chi connectivity index (χ2n) is 7.66. The molecule has 2 N–H and O–H groups in total. The van der Waals surface area contributed by atoms with Crippen LogP contribution in [-0.2, 0) is 0 Å². The van der Waals surface area contributed by atoms with E-state index in [9.17, 15) is 4.39 Å². The summed E-state index contributed by atoms with van der Waals surface area (Å²) in [7, 11) is 0. The summed E-state index contributed by atoms with van der Waals surface area (Å²) >= 11 is 0. The zero-order chi connectivity index (χ0) is 15.4. The fourth-order valence-electron chi connectivity index (χ4n) is 4.46. The Labute approximate surface area is 126 Å². The van der Waals surface area contributed by atoms with Gasteiger partial charge in [-0.15, -0.1) is 0 Å². The maximum absolute atomic E-state index is 14.2. The van der Waals surface area contributed by atoms with Crippen LogP contribution in [0.4, 0.5) is 4.39 Å². The maximum atomic E-state index is 14.2. The van der Waals surface area contributed by atoms with Gasteiger partial charge in [0.05, 0.1) is 0 Å². The normalized spacial score (nSPS) is 35.0. The Morgan fingerprint density at radius 2 is 2.05 bits per heavy atom. The van der Waals surface area contributed by atoms with Crippen molar-refractivity contribution in [3.63, 3.8) is 0 Å². The van der Waals surface area contributed by atoms with E-state index in [1.165, 1.54) is 12.5 Å². The molecule has 0 radical (unpaired) electrons. The number of para-hydroxylation sites is 1. The van der Waals surface area contributed by atoms with Crippen molar-refractivity contribution >= 4 is 0 Å².